The van der Waals surface area contributed by atoms with Crippen LogP contribution in [-0.2, 0) is 6.16 Å². The van der Waals surface area contributed by atoms with Crippen molar-refractivity contribution in [3.63, 3.8) is 0 Å². The Morgan fingerprint density at radius 1 is 0.824 bits per heavy atom. The van der Waals surface area contributed by atoms with Gasteiger partial charge in [0.15, 0.2) is 0 Å². The van der Waals surface area contributed by atoms with Gasteiger partial charge < -0.3 is 0 Å². The molecule has 0 heterocycles. The average Bonchev–Trinajstić information content (AvgIpc) is 2.38. The zero-order valence-corrected chi connectivity index (χ0v) is 11.5. The van der Waals surface area contributed by atoms with Gasteiger partial charge in [-0.1, -0.05) is 61.0 Å². The summed E-state index contributed by atoms with van der Waals surface area (Å²) in [7, 11) is 1.05. The van der Waals surface area contributed by atoms with Gasteiger partial charge in [-0.3, -0.25) is 0 Å². The summed E-state index contributed by atoms with van der Waals surface area (Å²) in [5.74, 6) is 0. The second-order valence-electron chi connectivity index (χ2n) is 4.34. The molecule has 0 nitrogen and oxygen atoms in total. The van der Waals surface area contributed by atoms with Gasteiger partial charge in [0.2, 0.25) is 0 Å². The Morgan fingerprint density at radius 3 is 1.88 bits per heavy atom. The minimum atomic E-state index is 1.05. The minimum absolute atomic E-state index is 1.05. The molecular weight excluding hydrogens is 223 g/mol. The fraction of sp³-hybridized carbons (Fsp3) is 0.250. The van der Waals surface area contributed by atoms with Crippen molar-refractivity contribution in [3.05, 3.63) is 59.7 Å². The van der Waals surface area contributed by atoms with Crippen LogP contribution in [0.2, 0.25) is 0 Å². The predicted molar refractivity (Wildman–Crippen MR) is 79.2 cm³/mol. The van der Waals surface area contributed by atoms with E-state index in [1.165, 1.54) is 34.6 Å². The van der Waals surface area contributed by atoms with Crippen LogP contribution in [0.3, 0.4) is 0 Å². The molecule has 0 bridgehead atoms. The van der Waals surface area contributed by atoms with Crippen molar-refractivity contribution < 1.29 is 0 Å². The van der Waals surface area contributed by atoms with E-state index in [1.54, 1.807) is 0 Å². The van der Waals surface area contributed by atoms with Crippen LogP contribution in [0.5, 0.6) is 0 Å². The number of rotatable bonds is 4. The molecule has 17 heavy (non-hydrogen) atoms. The van der Waals surface area contributed by atoms with Gasteiger partial charge in [-0.2, -0.15) is 0 Å². The number of hydrogen-bond donors (Lipinski definition) is 0. The van der Waals surface area contributed by atoms with Crippen molar-refractivity contribution in [2.75, 3.05) is 6.16 Å². The molecule has 0 radical (unpaired) electrons. The highest BCUT2D eigenvalue weighted by Crippen LogP contribution is 2.23. The Morgan fingerprint density at radius 2 is 1.35 bits per heavy atom. The quantitative estimate of drug-likeness (QED) is 0.671. The molecule has 0 aliphatic rings. The van der Waals surface area contributed by atoms with Gasteiger partial charge in [0.25, 0.3) is 0 Å². The Labute approximate surface area is 106 Å². The molecule has 0 aliphatic heterocycles. The maximum Gasteiger partial charge on any atom is -0.0101 e. The molecule has 0 fully saturated rings. The highest BCUT2D eigenvalue weighted by atomic mass is 31.1. The molecule has 2 aromatic rings. The van der Waals surface area contributed by atoms with Crippen LogP contribution in [0.25, 0.3) is 11.1 Å². The second-order valence-corrected chi connectivity index (χ2v) is 5.90. The van der Waals surface area contributed by atoms with Crippen LogP contribution in [0, 0.1) is 6.92 Å². The molecule has 1 atom stereocenters. The number of aryl methyl sites for hydroxylation is 1. The highest BCUT2D eigenvalue weighted by Gasteiger charge is 1.97. The highest BCUT2D eigenvalue weighted by molar-refractivity contribution is 7.37. The fourth-order valence-corrected chi connectivity index (χ4v) is 2.60. The lowest BCUT2D eigenvalue weighted by atomic mass is 10.0. The largest absolute Gasteiger partial charge is 0.118 e. The standard InChI is InChI=1S/C16H19P/c1-3-17-12-14-6-10-16(11-7-14)15-8-4-13(2)5-9-15/h4-11,17H,3,12H2,1-2H3. The lowest BCUT2D eigenvalue weighted by Crippen LogP contribution is -1.82. The maximum atomic E-state index is 2.26. The molecule has 0 saturated heterocycles. The Bertz CT molecular complexity index is 454. The molecule has 2 aromatic carbocycles. The molecule has 0 N–H and O–H groups in total. The second kappa shape index (κ2) is 5.98. The third kappa shape index (κ3) is 3.41. The van der Waals surface area contributed by atoms with Crippen LogP contribution in [0.15, 0.2) is 48.5 Å². The van der Waals surface area contributed by atoms with E-state index in [0.29, 0.717) is 0 Å². The summed E-state index contributed by atoms with van der Waals surface area (Å²) in [5, 5.41) is 0. The number of benzene rings is 2. The van der Waals surface area contributed by atoms with Crippen LogP contribution in [0.4, 0.5) is 0 Å². The van der Waals surface area contributed by atoms with E-state index in [-0.39, 0.29) is 0 Å². The van der Waals surface area contributed by atoms with E-state index in [4.69, 9.17) is 0 Å². The summed E-state index contributed by atoms with van der Waals surface area (Å²) < 4.78 is 0. The van der Waals surface area contributed by atoms with E-state index in [0.717, 1.165) is 8.58 Å². The SMILES string of the molecule is CCPCc1ccc(-c2ccc(C)cc2)cc1. The summed E-state index contributed by atoms with van der Waals surface area (Å²) in [4.78, 5) is 0. The van der Waals surface area contributed by atoms with Crippen molar-refractivity contribution in [2.24, 2.45) is 0 Å². The molecule has 0 aromatic heterocycles. The molecule has 88 valence electrons. The van der Waals surface area contributed by atoms with Crippen molar-refractivity contribution >= 4 is 8.58 Å². The zero-order chi connectivity index (χ0) is 12.1. The van der Waals surface area contributed by atoms with E-state index < -0.39 is 0 Å². The van der Waals surface area contributed by atoms with Crippen molar-refractivity contribution in [3.8, 4) is 11.1 Å². The van der Waals surface area contributed by atoms with Gasteiger partial charge in [0.1, 0.15) is 0 Å². The van der Waals surface area contributed by atoms with Gasteiger partial charge in [0, 0.05) is 0 Å². The lowest BCUT2D eigenvalue weighted by molar-refractivity contribution is 1.38. The van der Waals surface area contributed by atoms with Crippen molar-refractivity contribution in [1.82, 2.24) is 0 Å². The van der Waals surface area contributed by atoms with Gasteiger partial charge in [-0.25, -0.2) is 0 Å². The summed E-state index contributed by atoms with van der Waals surface area (Å²) >= 11 is 0. The average molecular weight is 242 g/mol. The molecule has 1 heteroatoms. The summed E-state index contributed by atoms with van der Waals surface area (Å²) in [6.45, 7) is 4.37. The van der Waals surface area contributed by atoms with E-state index in [1.807, 2.05) is 0 Å². The summed E-state index contributed by atoms with van der Waals surface area (Å²) in [5.41, 5.74) is 5.39. The fourth-order valence-electron chi connectivity index (χ4n) is 1.83. The molecule has 2 rings (SSSR count). The smallest absolute Gasteiger partial charge is 0.0101 e. The molecule has 0 saturated carbocycles. The summed E-state index contributed by atoms with van der Waals surface area (Å²) in [6, 6.07) is 17.7. The van der Waals surface area contributed by atoms with E-state index in [9.17, 15) is 0 Å². The third-order valence-electron chi connectivity index (χ3n) is 2.92. The normalized spacial score (nSPS) is 11.2. The monoisotopic (exact) mass is 242 g/mol. The first-order chi connectivity index (χ1) is 8.29. The minimum Gasteiger partial charge on any atom is -0.118 e. The van der Waals surface area contributed by atoms with Gasteiger partial charge in [0.05, 0.1) is 0 Å². The van der Waals surface area contributed by atoms with E-state index >= 15 is 0 Å². The Hall–Kier alpha value is -1.13. The molecular formula is C16H19P. The van der Waals surface area contributed by atoms with Crippen LogP contribution in [-0.4, -0.2) is 6.16 Å². The van der Waals surface area contributed by atoms with Gasteiger partial charge in [-0.05, 0) is 35.9 Å². The zero-order valence-electron chi connectivity index (χ0n) is 10.5. The Kier molecular flexibility index (Phi) is 4.34. The first-order valence-electron chi connectivity index (χ1n) is 6.16. The number of hydrogen-bond acceptors (Lipinski definition) is 0. The van der Waals surface area contributed by atoms with Crippen molar-refractivity contribution in [2.45, 2.75) is 20.0 Å². The first kappa shape index (κ1) is 12.3. The van der Waals surface area contributed by atoms with Gasteiger partial charge >= 0.3 is 0 Å². The lowest BCUT2D eigenvalue weighted by Gasteiger charge is -2.04. The Balaban J connectivity index is 2.14. The predicted octanol–water partition coefficient (Wildman–Crippen LogP) is 4.86. The molecule has 0 amide bonds. The first-order valence-corrected chi connectivity index (χ1v) is 7.57. The van der Waals surface area contributed by atoms with Crippen molar-refractivity contribution in [1.29, 1.82) is 0 Å². The van der Waals surface area contributed by atoms with Crippen LogP contribution in [0.1, 0.15) is 18.1 Å². The molecule has 0 aliphatic carbocycles. The molecule has 0 spiro atoms. The van der Waals surface area contributed by atoms with Gasteiger partial charge in [-0.15, -0.1) is 8.58 Å². The van der Waals surface area contributed by atoms with E-state index in [2.05, 4.69) is 62.4 Å². The topological polar surface area (TPSA) is 0 Å². The summed E-state index contributed by atoms with van der Waals surface area (Å²) in [6.07, 6.45) is 2.52. The van der Waals surface area contributed by atoms with Crippen LogP contribution >= 0.6 is 8.58 Å². The maximum absolute atomic E-state index is 2.26. The van der Waals surface area contributed by atoms with Crippen LogP contribution < -0.4 is 0 Å². The molecule has 1 unspecified atom stereocenters. The third-order valence-corrected chi connectivity index (χ3v) is 4.08.